The highest BCUT2D eigenvalue weighted by Crippen LogP contribution is 2.33. The van der Waals surface area contributed by atoms with Gasteiger partial charge in [0.1, 0.15) is 10.6 Å². The van der Waals surface area contributed by atoms with E-state index in [4.69, 9.17) is 10.5 Å². The third-order valence-electron chi connectivity index (χ3n) is 4.07. The smallest absolute Gasteiger partial charge is 0.344 e. The average molecular weight is 312 g/mol. The van der Waals surface area contributed by atoms with Crippen LogP contribution in [-0.4, -0.2) is 48.5 Å². The number of hydrogen-bond acceptors (Lipinski definition) is 7. The lowest BCUT2D eigenvalue weighted by molar-refractivity contribution is 0.0529. The van der Waals surface area contributed by atoms with Gasteiger partial charge in [0.25, 0.3) is 0 Å². The number of aromatic nitrogens is 1. The van der Waals surface area contributed by atoms with Gasteiger partial charge in [0, 0.05) is 6.54 Å². The van der Waals surface area contributed by atoms with Gasteiger partial charge in [-0.1, -0.05) is 6.92 Å². The summed E-state index contributed by atoms with van der Waals surface area (Å²) in [7, 11) is 2.15. The standard InChI is InChI=1S/C14H24N4O2S/c1-4-20-13(19)10-11(15)17-21-12(10)16-9-14(2)5-7-18(3)8-6-14/h16H,4-9H2,1-3H3,(H2,15,17). The number of nitrogen functional groups attached to an aromatic ring is 1. The normalized spacial score (nSPS) is 18.4. The third-order valence-corrected chi connectivity index (χ3v) is 4.89. The zero-order valence-electron chi connectivity index (χ0n) is 12.9. The van der Waals surface area contributed by atoms with Gasteiger partial charge in [-0.3, -0.25) is 0 Å². The predicted octanol–water partition coefficient (Wildman–Crippen LogP) is 2.05. The summed E-state index contributed by atoms with van der Waals surface area (Å²) in [6.07, 6.45) is 2.28. The first-order valence-electron chi connectivity index (χ1n) is 7.30. The second-order valence-corrected chi connectivity index (χ2v) is 6.73. The van der Waals surface area contributed by atoms with Gasteiger partial charge < -0.3 is 20.7 Å². The highest BCUT2D eigenvalue weighted by molar-refractivity contribution is 7.11. The number of esters is 1. The minimum atomic E-state index is -0.403. The number of hydrogen-bond donors (Lipinski definition) is 2. The molecule has 2 rings (SSSR count). The van der Waals surface area contributed by atoms with Crippen LogP contribution in [0.25, 0.3) is 0 Å². The zero-order valence-corrected chi connectivity index (χ0v) is 13.8. The van der Waals surface area contributed by atoms with Crippen molar-refractivity contribution in [3.63, 3.8) is 0 Å². The van der Waals surface area contributed by atoms with Crippen LogP contribution in [-0.2, 0) is 4.74 Å². The molecule has 0 aliphatic carbocycles. The zero-order chi connectivity index (χ0) is 15.5. The van der Waals surface area contributed by atoms with Crippen molar-refractivity contribution in [1.82, 2.24) is 9.27 Å². The van der Waals surface area contributed by atoms with Crippen molar-refractivity contribution < 1.29 is 9.53 Å². The topological polar surface area (TPSA) is 80.5 Å². The maximum Gasteiger partial charge on any atom is 0.344 e. The summed E-state index contributed by atoms with van der Waals surface area (Å²) in [5, 5.41) is 4.07. The molecule has 3 N–H and O–H groups in total. The molecule has 0 unspecified atom stereocenters. The van der Waals surface area contributed by atoms with Crippen molar-refractivity contribution in [3.8, 4) is 0 Å². The molecule has 1 saturated heterocycles. The Morgan fingerprint density at radius 3 is 2.81 bits per heavy atom. The molecule has 21 heavy (non-hydrogen) atoms. The monoisotopic (exact) mass is 312 g/mol. The molecule has 2 heterocycles. The summed E-state index contributed by atoms with van der Waals surface area (Å²) in [6, 6.07) is 0. The van der Waals surface area contributed by atoms with Crippen LogP contribution in [0.2, 0.25) is 0 Å². The minimum absolute atomic E-state index is 0.233. The lowest BCUT2D eigenvalue weighted by atomic mass is 9.80. The molecule has 7 heteroatoms. The maximum atomic E-state index is 11.9. The molecule has 0 amide bonds. The molecule has 118 valence electrons. The van der Waals surface area contributed by atoms with Gasteiger partial charge in [0.15, 0.2) is 5.82 Å². The van der Waals surface area contributed by atoms with Gasteiger partial charge in [-0.2, -0.15) is 4.37 Å². The number of nitrogens with one attached hydrogen (secondary N) is 1. The van der Waals surface area contributed by atoms with Crippen LogP contribution in [0, 0.1) is 5.41 Å². The van der Waals surface area contributed by atoms with E-state index in [1.54, 1.807) is 6.92 Å². The first-order chi connectivity index (χ1) is 9.95. The van der Waals surface area contributed by atoms with Gasteiger partial charge in [0.05, 0.1) is 6.61 Å². The maximum absolute atomic E-state index is 11.9. The molecule has 1 aromatic rings. The van der Waals surface area contributed by atoms with Crippen molar-refractivity contribution in [2.75, 3.05) is 44.3 Å². The van der Waals surface area contributed by atoms with Crippen molar-refractivity contribution in [2.24, 2.45) is 5.41 Å². The number of ether oxygens (including phenoxy) is 1. The largest absolute Gasteiger partial charge is 0.462 e. The number of rotatable bonds is 5. The van der Waals surface area contributed by atoms with E-state index >= 15 is 0 Å². The number of carbonyl (C=O) groups excluding carboxylic acids is 1. The summed E-state index contributed by atoms with van der Waals surface area (Å²) in [6.45, 7) is 7.41. The molecular formula is C14H24N4O2S. The van der Waals surface area contributed by atoms with Gasteiger partial charge in [-0.05, 0) is 56.9 Å². The Balaban J connectivity index is 2.02. The SMILES string of the molecule is CCOC(=O)c1c(N)nsc1NCC1(C)CCN(C)CC1. The van der Waals surface area contributed by atoms with Crippen LogP contribution < -0.4 is 11.1 Å². The number of nitrogens with two attached hydrogens (primary N) is 1. The van der Waals surface area contributed by atoms with E-state index in [1.807, 2.05) is 0 Å². The fourth-order valence-electron chi connectivity index (χ4n) is 2.45. The molecule has 0 saturated carbocycles. The second-order valence-electron chi connectivity index (χ2n) is 5.96. The summed E-state index contributed by atoms with van der Waals surface area (Å²) in [5.74, 6) is -0.158. The number of nitrogens with zero attached hydrogens (tertiary/aromatic N) is 2. The fourth-order valence-corrected chi connectivity index (χ4v) is 3.15. The molecule has 1 aliphatic heterocycles. The van der Waals surface area contributed by atoms with Crippen molar-refractivity contribution >= 4 is 28.3 Å². The highest BCUT2D eigenvalue weighted by Gasteiger charge is 2.30. The molecule has 1 aromatic heterocycles. The Kier molecular flexibility index (Phi) is 5.05. The Labute approximate surface area is 129 Å². The Bertz CT molecular complexity index is 495. The first kappa shape index (κ1) is 16.0. The van der Waals surface area contributed by atoms with E-state index in [9.17, 15) is 4.79 Å². The highest BCUT2D eigenvalue weighted by atomic mass is 32.1. The number of piperidine rings is 1. The lowest BCUT2D eigenvalue weighted by Crippen LogP contribution is -2.40. The van der Waals surface area contributed by atoms with E-state index in [2.05, 4.69) is 28.6 Å². The second kappa shape index (κ2) is 6.62. The van der Waals surface area contributed by atoms with Gasteiger partial charge in [-0.15, -0.1) is 0 Å². The van der Waals surface area contributed by atoms with Crippen molar-refractivity contribution in [2.45, 2.75) is 26.7 Å². The molecule has 6 nitrogen and oxygen atoms in total. The average Bonchev–Trinajstić information content (AvgIpc) is 2.82. The van der Waals surface area contributed by atoms with E-state index < -0.39 is 5.97 Å². The van der Waals surface area contributed by atoms with E-state index in [1.165, 1.54) is 11.5 Å². The number of carbonyl (C=O) groups is 1. The summed E-state index contributed by atoms with van der Waals surface area (Å²) < 4.78 is 9.11. The summed E-state index contributed by atoms with van der Waals surface area (Å²) >= 11 is 1.22. The van der Waals surface area contributed by atoms with E-state index in [0.29, 0.717) is 17.2 Å². The molecule has 0 atom stereocenters. The van der Waals surface area contributed by atoms with Crippen LogP contribution in [0.5, 0.6) is 0 Å². The first-order valence-corrected chi connectivity index (χ1v) is 8.07. The van der Waals surface area contributed by atoms with Crippen LogP contribution in [0.3, 0.4) is 0 Å². The van der Waals surface area contributed by atoms with Gasteiger partial charge in [-0.25, -0.2) is 4.79 Å². The minimum Gasteiger partial charge on any atom is -0.462 e. The van der Waals surface area contributed by atoms with Crippen LogP contribution >= 0.6 is 11.5 Å². The fraction of sp³-hybridized carbons (Fsp3) is 0.714. The quantitative estimate of drug-likeness (QED) is 0.810. The molecule has 1 fully saturated rings. The van der Waals surface area contributed by atoms with Crippen LogP contribution in [0.1, 0.15) is 37.0 Å². The third kappa shape index (κ3) is 3.85. The Morgan fingerprint density at radius 2 is 2.19 bits per heavy atom. The molecule has 0 aromatic carbocycles. The molecule has 1 aliphatic rings. The number of anilines is 2. The van der Waals surface area contributed by atoms with Crippen LogP contribution in [0.4, 0.5) is 10.8 Å². The summed E-state index contributed by atoms with van der Waals surface area (Å²) in [4.78, 5) is 14.3. The molecule has 0 radical (unpaired) electrons. The molecule has 0 bridgehead atoms. The van der Waals surface area contributed by atoms with E-state index in [0.717, 1.165) is 32.5 Å². The molecule has 0 spiro atoms. The van der Waals surface area contributed by atoms with Crippen molar-refractivity contribution in [3.05, 3.63) is 5.56 Å². The van der Waals surface area contributed by atoms with Gasteiger partial charge >= 0.3 is 5.97 Å². The molecular weight excluding hydrogens is 288 g/mol. The number of likely N-dealkylation sites (tertiary alicyclic amines) is 1. The van der Waals surface area contributed by atoms with E-state index in [-0.39, 0.29) is 11.2 Å². The summed E-state index contributed by atoms with van der Waals surface area (Å²) in [5.41, 5.74) is 6.39. The van der Waals surface area contributed by atoms with Crippen LogP contribution in [0.15, 0.2) is 0 Å². The lowest BCUT2D eigenvalue weighted by Gasteiger charge is -2.38. The van der Waals surface area contributed by atoms with Gasteiger partial charge in [0.2, 0.25) is 0 Å². The predicted molar refractivity (Wildman–Crippen MR) is 85.8 cm³/mol. The Hall–Kier alpha value is -1.34. The van der Waals surface area contributed by atoms with Crippen molar-refractivity contribution in [1.29, 1.82) is 0 Å². The Morgan fingerprint density at radius 1 is 1.52 bits per heavy atom.